The number of nitrogens with zero attached hydrogens (tertiary/aromatic N) is 1. The summed E-state index contributed by atoms with van der Waals surface area (Å²) in [6.45, 7) is 9.62. The second-order valence-corrected chi connectivity index (χ2v) is 10.2. The van der Waals surface area contributed by atoms with E-state index in [0.717, 1.165) is 0 Å². The monoisotopic (exact) mass is 533 g/mol. The molecule has 0 saturated heterocycles. The number of phenolic OH excluding ortho intramolecular Hbond substituents is 1. The van der Waals surface area contributed by atoms with E-state index in [1.54, 1.807) is 65.0 Å². The maximum atomic E-state index is 13.8. The highest BCUT2D eigenvalue weighted by atomic mass is 35.5. The summed E-state index contributed by atoms with van der Waals surface area (Å²) >= 11 is 6.33. The first-order valence-corrected chi connectivity index (χ1v) is 12.4. The minimum absolute atomic E-state index is 0.173. The van der Waals surface area contributed by atoms with Gasteiger partial charge in [0.1, 0.15) is 23.4 Å². The summed E-state index contributed by atoms with van der Waals surface area (Å²) in [5.41, 5.74) is 0.427. The molecule has 2 rings (SSSR count). The number of aliphatic hydroxyl groups excluding tert-OH is 1. The lowest BCUT2D eigenvalue weighted by molar-refractivity contribution is -0.144. The number of benzene rings is 2. The molecule has 0 aliphatic carbocycles. The van der Waals surface area contributed by atoms with Crippen molar-refractivity contribution in [3.05, 3.63) is 58.6 Å². The average molecular weight is 534 g/mol. The molecule has 9 nitrogen and oxygen atoms in total. The standard InChI is InChI=1S/C27H36ClN3O6/c1-7-17(3)31(25(35)20(15-32)29-26(36)37-27(4,5)6)23(18-12-8-9-14-21(18)33)24(34)30-22-16(2)11-10-13-19(22)28/h8-14,17,20,23,32-33H,7,15H2,1-6H3,(H,29,36)(H,30,34). The van der Waals surface area contributed by atoms with Crippen LogP contribution in [0, 0.1) is 6.92 Å². The Morgan fingerprint density at radius 1 is 1.11 bits per heavy atom. The Labute approximate surface area is 222 Å². The number of amides is 3. The minimum Gasteiger partial charge on any atom is -0.508 e. The van der Waals surface area contributed by atoms with E-state index in [2.05, 4.69) is 10.6 Å². The van der Waals surface area contributed by atoms with Crippen molar-refractivity contribution in [3.8, 4) is 5.75 Å². The Hall–Kier alpha value is -3.30. The first-order valence-electron chi connectivity index (χ1n) is 12.1. The van der Waals surface area contributed by atoms with E-state index < -0.39 is 48.2 Å². The number of anilines is 1. The first kappa shape index (κ1) is 29.9. The third-order valence-electron chi connectivity index (χ3n) is 5.72. The van der Waals surface area contributed by atoms with Crippen LogP contribution in [0.2, 0.25) is 5.02 Å². The molecule has 4 N–H and O–H groups in total. The van der Waals surface area contributed by atoms with Crippen LogP contribution in [0.1, 0.15) is 58.2 Å². The number of hydrogen-bond donors (Lipinski definition) is 4. The summed E-state index contributed by atoms with van der Waals surface area (Å²) in [6.07, 6.45) is -0.446. The molecule has 37 heavy (non-hydrogen) atoms. The molecule has 3 amide bonds. The Bertz CT molecular complexity index is 1100. The summed E-state index contributed by atoms with van der Waals surface area (Å²) < 4.78 is 5.24. The molecule has 0 heterocycles. The Balaban J connectivity index is 2.56. The van der Waals surface area contributed by atoms with Crippen LogP contribution < -0.4 is 10.6 Å². The molecule has 0 radical (unpaired) electrons. The van der Waals surface area contributed by atoms with Crippen molar-refractivity contribution in [2.45, 2.75) is 71.7 Å². The summed E-state index contributed by atoms with van der Waals surface area (Å²) in [7, 11) is 0. The van der Waals surface area contributed by atoms with Crippen molar-refractivity contribution in [1.82, 2.24) is 10.2 Å². The lowest BCUT2D eigenvalue weighted by atomic mass is 9.99. The molecule has 10 heteroatoms. The van der Waals surface area contributed by atoms with Gasteiger partial charge in [-0.05, 0) is 58.7 Å². The highest BCUT2D eigenvalue weighted by Gasteiger charge is 2.39. The number of alkyl carbamates (subject to hydrolysis) is 1. The van der Waals surface area contributed by atoms with Gasteiger partial charge < -0.3 is 30.5 Å². The van der Waals surface area contributed by atoms with Gasteiger partial charge in [-0.3, -0.25) is 9.59 Å². The number of ether oxygens (including phenoxy) is 1. The van der Waals surface area contributed by atoms with E-state index in [1.165, 1.54) is 17.0 Å². The molecule has 0 fully saturated rings. The van der Waals surface area contributed by atoms with Gasteiger partial charge in [-0.1, -0.05) is 48.9 Å². The van der Waals surface area contributed by atoms with Gasteiger partial charge in [-0.15, -0.1) is 0 Å². The van der Waals surface area contributed by atoms with Gasteiger partial charge >= 0.3 is 6.09 Å². The number of rotatable bonds is 9. The minimum atomic E-state index is -1.40. The molecule has 2 aromatic rings. The predicted octanol–water partition coefficient (Wildman–Crippen LogP) is 4.55. The lowest BCUT2D eigenvalue weighted by Gasteiger charge is -2.38. The number of nitrogens with one attached hydrogen (secondary N) is 2. The third kappa shape index (κ3) is 7.84. The quantitative estimate of drug-likeness (QED) is 0.374. The number of phenols is 1. The molecule has 0 aliphatic heterocycles. The fraction of sp³-hybridized carbons (Fsp3) is 0.444. The summed E-state index contributed by atoms with van der Waals surface area (Å²) in [5, 5.41) is 26.2. The molecule has 0 saturated carbocycles. The number of para-hydroxylation sites is 2. The molecule has 0 spiro atoms. The predicted molar refractivity (Wildman–Crippen MR) is 143 cm³/mol. The molecular formula is C27H36ClN3O6. The van der Waals surface area contributed by atoms with E-state index in [9.17, 15) is 24.6 Å². The lowest BCUT2D eigenvalue weighted by Crippen LogP contribution is -2.56. The molecule has 202 valence electrons. The van der Waals surface area contributed by atoms with E-state index in [0.29, 0.717) is 22.7 Å². The number of aryl methyl sites for hydroxylation is 1. The number of hydrogen-bond acceptors (Lipinski definition) is 6. The van der Waals surface area contributed by atoms with Crippen LogP contribution >= 0.6 is 11.6 Å². The first-order chi connectivity index (χ1) is 17.3. The van der Waals surface area contributed by atoms with Gasteiger partial charge in [0.15, 0.2) is 0 Å². The van der Waals surface area contributed by atoms with Crippen molar-refractivity contribution < 1.29 is 29.3 Å². The Kier molecular flexibility index (Phi) is 10.3. The van der Waals surface area contributed by atoms with Crippen LogP contribution in [-0.4, -0.2) is 57.3 Å². The summed E-state index contributed by atoms with van der Waals surface area (Å²) in [4.78, 5) is 41.3. The number of aromatic hydroxyl groups is 1. The SMILES string of the molecule is CCC(C)N(C(=O)C(CO)NC(=O)OC(C)(C)C)C(C(=O)Nc1c(C)cccc1Cl)c1ccccc1O. The number of carbonyl (C=O) groups is 3. The molecule has 0 aliphatic rings. The van der Waals surface area contributed by atoms with E-state index in [-0.39, 0.29) is 11.3 Å². The van der Waals surface area contributed by atoms with Crippen molar-refractivity contribution in [2.75, 3.05) is 11.9 Å². The Morgan fingerprint density at radius 3 is 2.30 bits per heavy atom. The molecule has 3 unspecified atom stereocenters. The molecular weight excluding hydrogens is 498 g/mol. The van der Waals surface area contributed by atoms with Gasteiger partial charge in [0.25, 0.3) is 5.91 Å². The van der Waals surface area contributed by atoms with Crippen LogP contribution in [0.5, 0.6) is 5.75 Å². The van der Waals surface area contributed by atoms with Crippen LogP contribution in [0.15, 0.2) is 42.5 Å². The van der Waals surface area contributed by atoms with Gasteiger partial charge in [0.05, 0.1) is 17.3 Å². The van der Waals surface area contributed by atoms with Gasteiger partial charge in [-0.2, -0.15) is 0 Å². The van der Waals surface area contributed by atoms with Gasteiger partial charge in [0.2, 0.25) is 5.91 Å². The van der Waals surface area contributed by atoms with Crippen molar-refractivity contribution in [3.63, 3.8) is 0 Å². The fourth-order valence-electron chi connectivity index (χ4n) is 3.73. The van der Waals surface area contributed by atoms with Crippen LogP contribution in [0.3, 0.4) is 0 Å². The third-order valence-corrected chi connectivity index (χ3v) is 6.03. The van der Waals surface area contributed by atoms with Gasteiger partial charge in [-0.25, -0.2) is 4.79 Å². The highest BCUT2D eigenvalue weighted by Crippen LogP contribution is 2.34. The second kappa shape index (κ2) is 12.8. The zero-order valence-corrected chi connectivity index (χ0v) is 22.8. The van der Waals surface area contributed by atoms with Crippen molar-refractivity contribution in [1.29, 1.82) is 0 Å². The number of aliphatic hydroxyl groups is 1. The van der Waals surface area contributed by atoms with E-state index >= 15 is 0 Å². The normalized spacial score (nSPS) is 13.7. The zero-order chi connectivity index (χ0) is 27.9. The topological polar surface area (TPSA) is 128 Å². The summed E-state index contributed by atoms with van der Waals surface area (Å²) in [6, 6.07) is 8.11. The molecule has 2 aromatic carbocycles. The van der Waals surface area contributed by atoms with Crippen LogP contribution in [0.25, 0.3) is 0 Å². The average Bonchev–Trinajstić information content (AvgIpc) is 2.82. The zero-order valence-electron chi connectivity index (χ0n) is 22.0. The number of carbonyl (C=O) groups excluding carboxylic acids is 3. The number of halogens is 1. The Morgan fingerprint density at radius 2 is 1.76 bits per heavy atom. The maximum Gasteiger partial charge on any atom is 0.408 e. The summed E-state index contributed by atoms with van der Waals surface area (Å²) in [5.74, 6) is -1.54. The van der Waals surface area contributed by atoms with Crippen molar-refractivity contribution in [2.24, 2.45) is 0 Å². The molecule has 3 atom stereocenters. The van der Waals surface area contributed by atoms with E-state index in [1.807, 2.05) is 6.92 Å². The van der Waals surface area contributed by atoms with Crippen LogP contribution in [-0.2, 0) is 14.3 Å². The molecule has 0 aromatic heterocycles. The van der Waals surface area contributed by atoms with E-state index in [4.69, 9.17) is 16.3 Å². The largest absolute Gasteiger partial charge is 0.508 e. The van der Waals surface area contributed by atoms with Crippen molar-refractivity contribution >= 4 is 35.2 Å². The second-order valence-electron chi connectivity index (χ2n) is 9.77. The smallest absolute Gasteiger partial charge is 0.408 e. The van der Waals surface area contributed by atoms with Crippen LogP contribution in [0.4, 0.5) is 10.5 Å². The van der Waals surface area contributed by atoms with Gasteiger partial charge in [0, 0.05) is 11.6 Å². The fourth-order valence-corrected chi connectivity index (χ4v) is 4.00. The maximum absolute atomic E-state index is 13.8. The highest BCUT2D eigenvalue weighted by molar-refractivity contribution is 6.34. The molecule has 0 bridgehead atoms.